The number of carbonyl (C=O) groups is 1. The quantitative estimate of drug-likeness (QED) is 0.778. The van der Waals surface area contributed by atoms with E-state index in [0.717, 1.165) is 16.6 Å². The van der Waals surface area contributed by atoms with Crippen LogP contribution in [0.15, 0.2) is 48.5 Å². The smallest absolute Gasteiger partial charge is 0.244 e. The molecule has 1 amide bonds. The van der Waals surface area contributed by atoms with Crippen LogP contribution in [0.1, 0.15) is 5.69 Å². The van der Waals surface area contributed by atoms with Crippen LogP contribution in [0.4, 0.5) is 5.69 Å². The van der Waals surface area contributed by atoms with Crippen molar-refractivity contribution < 1.29 is 9.53 Å². The normalized spacial score (nSPS) is 10.7. The molecule has 0 saturated carbocycles. The van der Waals surface area contributed by atoms with E-state index in [1.165, 1.54) is 0 Å². The van der Waals surface area contributed by atoms with Gasteiger partial charge in [0.1, 0.15) is 12.3 Å². The Morgan fingerprint density at radius 1 is 1.22 bits per heavy atom. The predicted octanol–water partition coefficient (Wildman–Crippen LogP) is 4.25. The van der Waals surface area contributed by atoms with Crippen molar-refractivity contribution in [2.24, 2.45) is 0 Å². The number of halogens is 1. The van der Waals surface area contributed by atoms with Gasteiger partial charge in [-0.05, 0) is 42.6 Å². The number of anilines is 1. The average molecular weight is 329 g/mol. The first kappa shape index (κ1) is 15.4. The number of hydrogen-bond donors (Lipinski definition) is 1. The SMILES string of the molecule is COc1ccc(NC(=O)Cn2c(C)cc3ccccc32)cc1Cl. The zero-order valence-corrected chi connectivity index (χ0v) is 13.7. The highest BCUT2D eigenvalue weighted by atomic mass is 35.5. The molecule has 0 aliphatic heterocycles. The number of ether oxygens (including phenoxy) is 1. The molecule has 2 aromatic carbocycles. The van der Waals surface area contributed by atoms with Gasteiger partial charge in [-0.15, -0.1) is 0 Å². The fourth-order valence-corrected chi connectivity index (χ4v) is 2.90. The van der Waals surface area contributed by atoms with Crippen LogP contribution in [-0.4, -0.2) is 17.6 Å². The average Bonchev–Trinajstić information content (AvgIpc) is 2.83. The second-order valence-electron chi connectivity index (χ2n) is 5.33. The van der Waals surface area contributed by atoms with Crippen molar-refractivity contribution in [3.63, 3.8) is 0 Å². The zero-order valence-electron chi connectivity index (χ0n) is 13.0. The van der Waals surface area contributed by atoms with Gasteiger partial charge in [0.25, 0.3) is 0 Å². The Bertz CT molecular complexity index is 871. The maximum absolute atomic E-state index is 12.3. The lowest BCUT2D eigenvalue weighted by atomic mass is 10.2. The van der Waals surface area contributed by atoms with Gasteiger partial charge in [-0.3, -0.25) is 4.79 Å². The molecular weight excluding hydrogens is 312 g/mol. The first-order chi connectivity index (χ1) is 11.1. The maximum Gasteiger partial charge on any atom is 0.244 e. The number of para-hydroxylation sites is 1. The van der Waals surface area contributed by atoms with Gasteiger partial charge in [-0.1, -0.05) is 29.8 Å². The number of aromatic nitrogens is 1. The van der Waals surface area contributed by atoms with Crippen LogP contribution >= 0.6 is 11.6 Å². The Morgan fingerprint density at radius 2 is 2.00 bits per heavy atom. The number of methoxy groups -OCH3 is 1. The van der Waals surface area contributed by atoms with E-state index in [1.54, 1.807) is 25.3 Å². The van der Waals surface area contributed by atoms with Crippen molar-refractivity contribution >= 4 is 34.1 Å². The summed E-state index contributed by atoms with van der Waals surface area (Å²) >= 11 is 6.08. The Morgan fingerprint density at radius 3 is 2.74 bits per heavy atom. The molecule has 1 heterocycles. The number of nitrogens with one attached hydrogen (secondary N) is 1. The van der Waals surface area contributed by atoms with Crippen molar-refractivity contribution in [3.8, 4) is 5.75 Å². The van der Waals surface area contributed by atoms with E-state index in [2.05, 4.69) is 11.4 Å². The minimum Gasteiger partial charge on any atom is -0.495 e. The van der Waals surface area contributed by atoms with Crippen LogP contribution in [0, 0.1) is 6.92 Å². The lowest BCUT2D eigenvalue weighted by Gasteiger charge is -2.10. The van der Waals surface area contributed by atoms with Crippen LogP contribution in [0.3, 0.4) is 0 Å². The Labute approximate surface area is 139 Å². The number of benzene rings is 2. The van der Waals surface area contributed by atoms with E-state index in [1.807, 2.05) is 35.8 Å². The number of fused-ring (bicyclic) bond motifs is 1. The first-order valence-corrected chi connectivity index (χ1v) is 7.64. The molecule has 0 fully saturated rings. The highest BCUT2D eigenvalue weighted by molar-refractivity contribution is 6.32. The minimum atomic E-state index is -0.101. The zero-order chi connectivity index (χ0) is 16.4. The van der Waals surface area contributed by atoms with E-state index in [-0.39, 0.29) is 12.5 Å². The van der Waals surface area contributed by atoms with Crippen LogP contribution in [0.2, 0.25) is 5.02 Å². The van der Waals surface area contributed by atoms with Gasteiger partial charge in [0, 0.05) is 16.9 Å². The number of rotatable bonds is 4. The van der Waals surface area contributed by atoms with Gasteiger partial charge >= 0.3 is 0 Å². The molecule has 0 unspecified atom stereocenters. The molecule has 0 aliphatic carbocycles. The van der Waals surface area contributed by atoms with Crippen LogP contribution in [-0.2, 0) is 11.3 Å². The van der Waals surface area contributed by atoms with Gasteiger partial charge in [0.05, 0.1) is 12.1 Å². The summed E-state index contributed by atoms with van der Waals surface area (Å²) in [6, 6.07) is 15.3. The Kier molecular flexibility index (Phi) is 4.26. The van der Waals surface area contributed by atoms with Crippen LogP contribution in [0.5, 0.6) is 5.75 Å². The fraction of sp³-hybridized carbons (Fsp3) is 0.167. The molecule has 0 atom stereocenters. The Balaban J connectivity index is 1.79. The first-order valence-electron chi connectivity index (χ1n) is 7.27. The second kappa shape index (κ2) is 6.34. The second-order valence-corrected chi connectivity index (χ2v) is 5.74. The third kappa shape index (κ3) is 3.17. The van der Waals surface area contributed by atoms with Crippen LogP contribution < -0.4 is 10.1 Å². The summed E-state index contributed by atoms with van der Waals surface area (Å²) in [6.07, 6.45) is 0. The van der Waals surface area contributed by atoms with E-state index in [9.17, 15) is 4.79 Å². The third-order valence-corrected chi connectivity index (χ3v) is 4.05. The van der Waals surface area contributed by atoms with E-state index in [4.69, 9.17) is 16.3 Å². The van der Waals surface area contributed by atoms with Gasteiger partial charge in [-0.25, -0.2) is 0 Å². The molecule has 0 spiro atoms. The summed E-state index contributed by atoms with van der Waals surface area (Å²) in [5.41, 5.74) is 2.75. The molecule has 1 N–H and O–H groups in total. The largest absolute Gasteiger partial charge is 0.495 e. The topological polar surface area (TPSA) is 43.3 Å². The molecule has 5 heteroatoms. The summed E-state index contributed by atoms with van der Waals surface area (Å²) in [6.45, 7) is 2.25. The van der Waals surface area contributed by atoms with Crippen LogP contribution in [0.25, 0.3) is 10.9 Å². The van der Waals surface area contributed by atoms with E-state index < -0.39 is 0 Å². The molecule has 0 radical (unpaired) electrons. The predicted molar refractivity (Wildman–Crippen MR) is 93.3 cm³/mol. The number of hydrogen-bond acceptors (Lipinski definition) is 2. The third-order valence-electron chi connectivity index (χ3n) is 3.75. The molecule has 3 rings (SSSR count). The summed E-state index contributed by atoms with van der Waals surface area (Å²) < 4.78 is 7.10. The highest BCUT2D eigenvalue weighted by Gasteiger charge is 2.10. The lowest BCUT2D eigenvalue weighted by Crippen LogP contribution is -2.19. The van der Waals surface area contributed by atoms with Crippen molar-refractivity contribution in [1.29, 1.82) is 0 Å². The molecule has 23 heavy (non-hydrogen) atoms. The number of nitrogens with zero attached hydrogens (tertiary/aromatic N) is 1. The van der Waals surface area contributed by atoms with Gasteiger partial charge < -0.3 is 14.6 Å². The van der Waals surface area contributed by atoms with Gasteiger partial charge in [0.2, 0.25) is 5.91 Å². The number of carbonyl (C=O) groups excluding carboxylic acids is 1. The summed E-state index contributed by atoms with van der Waals surface area (Å²) in [7, 11) is 1.55. The van der Waals surface area contributed by atoms with Crippen molar-refractivity contribution in [1.82, 2.24) is 4.57 Å². The van der Waals surface area contributed by atoms with E-state index in [0.29, 0.717) is 16.5 Å². The maximum atomic E-state index is 12.3. The van der Waals surface area contributed by atoms with Crippen molar-refractivity contribution in [2.45, 2.75) is 13.5 Å². The van der Waals surface area contributed by atoms with Crippen molar-refractivity contribution in [2.75, 3.05) is 12.4 Å². The molecule has 3 aromatic rings. The number of aryl methyl sites for hydroxylation is 1. The van der Waals surface area contributed by atoms with Crippen molar-refractivity contribution in [3.05, 3.63) is 59.2 Å². The monoisotopic (exact) mass is 328 g/mol. The molecule has 4 nitrogen and oxygen atoms in total. The lowest BCUT2D eigenvalue weighted by molar-refractivity contribution is -0.116. The molecule has 1 aromatic heterocycles. The Hall–Kier alpha value is -2.46. The molecule has 0 saturated heterocycles. The minimum absolute atomic E-state index is 0.101. The molecular formula is C18H17ClN2O2. The standard InChI is InChI=1S/C18H17ClN2O2/c1-12-9-13-5-3-4-6-16(13)21(12)11-18(22)20-14-7-8-17(23-2)15(19)10-14/h3-10H,11H2,1-2H3,(H,20,22). The highest BCUT2D eigenvalue weighted by Crippen LogP contribution is 2.27. The van der Waals surface area contributed by atoms with Gasteiger partial charge in [-0.2, -0.15) is 0 Å². The fourth-order valence-electron chi connectivity index (χ4n) is 2.65. The molecule has 118 valence electrons. The van der Waals surface area contributed by atoms with Gasteiger partial charge in [0.15, 0.2) is 0 Å². The molecule has 0 bridgehead atoms. The summed E-state index contributed by atoms with van der Waals surface area (Å²) in [5.74, 6) is 0.479. The summed E-state index contributed by atoms with van der Waals surface area (Å²) in [5, 5.41) is 4.46. The summed E-state index contributed by atoms with van der Waals surface area (Å²) in [4.78, 5) is 12.3. The molecule has 0 aliphatic rings. The van der Waals surface area contributed by atoms with E-state index >= 15 is 0 Å². The number of amides is 1.